The van der Waals surface area contributed by atoms with E-state index in [-0.39, 0.29) is 5.97 Å². The molecule has 3 aromatic carbocycles. The van der Waals surface area contributed by atoms with Crippen LogP contribution in [0.25, 0.3) is 11.1 Å². The van der Waals surface area contributed by atoms with Crippen molar-refractivity contribution in [3.63, 3.8) is 0 Å². The van der Waals surface area contributed by atoms with Gasteiger partial charge in [-0.2, -0.15) is 0 Å². The molecule has 1 saturated heterocycles. The topological polar surface area (TPSA) is 52.3 Å². The highest BCUT2D eigenvalue weighted by Gasteiger charge is 2.43. The molecule has 2 unspecified atom stereocenters. The van der Waals surface area contributed by atoms with Crippen molar-refractivity contribution in [1.29, 1.82) is 0 Å². The first-order valence-corrected chi connectivity index (χ1v) is 10.1. The molecule has 30 heavy (non-hydrogen) atoms. The van der Waals surface area contributed by atoms with Crippen LogP contribution in [0.1, 0.15) is 36.3 Å². The Morgan fingerprint density at radius 2 is 1.80 bits per heavy atom. The summed E-state index contributed by atoms with van der Waals surface area (Å²) in [6.45, 7) is 0.409. The van der Waals surface area contributed by atoms with Gasteiger partial charge in [0.1, 0.15) is 17.2 Å². The Bertz CT molecular complexity index is 1050. The fourth-order valence-corrected chi connectivity index (χ4v) is 4.26. The van der Waals surface area contributed by atoms with Gasteiger partial charge in [-0.1, -0.05) is 54.6 Å². The van der Waals surface area contributed by atoms with E-state index in [1.807, 2.05) is 36.4 Å². The summed E-state index contributed by atoms with van der Waals surface area (Å²) in [6, 6.07) is 20.3. The van der Waals surface area contributed by atoms with Crippen molar-refractivity contribution in [2.45, 2.75) is 30.8 Å². The third-order valence-corrected chi connectivity index (χ3v) is 5.80. The number of hydrogen-bond acceptors (Lipinski definition) is 3. The molecule has 1 fully saturated rings. The summed E-state index contributed by atoms with van der Waals surface area (Å²) in [7, 11) is 0. The van der Waals surface area contributed by atoms with Crippen molar-refractivity contribution in [2.75, 3.05) is 6.54 Å². The number of cyclic esters (lactones) is 1. The molecule has 2 N–H and O–H groups in total. The molecule has 1 aliphatic heterocycles. The van der Waals surface area contributed by atoms with Crippen LogP contribution in [0.15, 0.2) is 72.8 Å². The van der Waals surface area contributed by atoms with Crippen LogP contribution in [-0.2, 0) is 15.1 Å². The zero-order valence-electron chi connectivity index (χ0n) is 16.5. The zero-order chi connectivity index (χ0) is 21.1. The monoisotopic (exact) mass is 407 g/mol. The van der Waals surface area contributed by atoms with Crippen LogP contribution in [0, 0.1) is 11.6 Å². The number of benzene rings is 3. The van der Waals surface area contributed by atoms with Crippen LogP contribution in [0.4, 0.5) is 8.78 Å². The van der Waals surface area contributed by atoms with E-state index in [0.717, 1.165) is 17.2 Å². The summed E-state index contributed by atoms with van der Waals surface area (Å²) in [5.74, 6) is -2.01. The minimum Gasteiger partial charge on any atom is -0.454 e. The molecule has 3 nitrogen and oxygen atoms in total. The fourth-order valence-electron chi connectivity index (χ4n) is 4.26. The van der Waals surface area contributed by atoms with E-state index in [9.17, 15) is 13.6 Å². The van der Waals surface area contributed by atoms with E-state index >= 15 is 0 Å². The van der Waals surface area contributed by atoms with Crippen molar-refractivity contribution in [3.8, 4) is 11.1 Å². The van der Waals surface area contributed by atoms with Gasteiger partial charge in [-0.15, -0.1) is 0 Å². The Balaban J connectivity index is 1.62. The first-order chi connectivity index (χ1) is 14.5. The lowest BCUT2D eigenvalue weighted by atomic mass is 9.79. The Hall–Kier alpha value is -3.05. The molecule has 0 aliphatic carbocycles. The van der Waals surface area contributed by atoms with E-state index in [2.05, 4.69) is 0 Å². The van der Waals surface area contributed by atoms with Crippen LogP contribution in [0.2, 0.25) is 0 Å². The minimum atomic E-state index is -0.718. The molecule has 0 bridgehead atoms. The maximum Gasteiger partial charge on any atom is 0.314 e. The second kappa shape index (κ2) is 8.36. The molecule has 5 heteroatoms. The highest BCUT2D eigenvalue weighted by Crippen LogP contribution is 2.43. The van der Waals surface area contributed by atoms with Gasteiger partial charge < -0.3 is 10.5 Å². The van der Waals surface area contributed by atoms with E-state index in [4.69, 9.17) is 10.5 Å². The lowest BCUT2D eigenvalue weighted by molar-refractivity contribution is -0.172. The van der Waals surface area contributed by atoms with Crippen LogP contribution in [0.5, 0.6) is 0 Å². The number of esters is 1. The lowest BCUT2D eigenvalue weighted by Crippen LogP contribution is -2.41. The Labute approximate surface area is 174 Å². The zero-order valence-corrected chi connectivity index (χ0v) is 16.5. The first kappa shape index (κ1) is 20.2. The molecule has 0 aromatic heterocycles. The normalized spacial score (nSPS) is 21.3. The molecule has 1 heterocycles. The second-order valence-electron chi connectivity index (χ2n) is 7.66. The molecule has 3 aromatic rings. The van der Waals surface area contributed by atoms with Crippen LogP contribution in [0.3, 0.4) is 0 Å². The predicted molar refractivity (Wildman–Crippen MR) is 112 cm³/mol. The maximum atomic E-state index is 14.2. The molecule has 2 atom stereocenters. The van der Waals surface area contributed by atoms with E-state index in [1.54, 1.807) is 18.2 Å². The summed E-state index contributed by atoms with van der Waals surface area (Å²) in [6.07, 6.45) is 1.80. The largest absolute Gasteiger partial charge is 0.454 e. The Kier molecular flexibility index (Phi) is 5.64. The number of halogens is 2. The molecule has 4 rings (SSSR count). The van der Waals surface area contributed by atoms with Gasteiger partial charge in [0.15, 0.2) is 0 Å². The Morgan fingerprint density at radius 1 is 1.00 bits per heavy atom. The first-order valence-electron chi connectivity index (χ1n) is 10.1. The molecular formula is C25H23F2NO2. The van der Waals surface area contributed by atoms with Gasteiger partial charge in [-0.05, 0) is 48.2 Å². The minimum absolute atomic E-state index is 0.296. The van der Waals surface area contributed by atoms with Crippen molar-refractivity contribution < 1.29 is 18.3 Å². The van der Waals surface area contributed by atoms with Crippen molar-refractivity contribution >= 4 is 5.97 Å². The fraction of sp³-hybridized carbons (Fsp3) is 0.240. The third kappa shape index (κ3) is 3.85. The van der Waals surface area contributed by atoms with E-state index < -0.39 is 23.2 Å². The number of nitrogens with two attached hydrogens (primary N) is 1. The average Bonchev–Trinajstić information content (AvgIpc) is 2.75. The maximum absolute atomic E-state index is 14.2. The Morgan fingerprint density at radius 3 is 2.50 bits per heavy atom. The third-order valence-electron chi connectivity index (χ3n) is 5.80. The summed E-state index contributed by atoms with van der Waals surface area (Å²) >= 11 is 0. The van der Waals surface area contributed by atoms with Gasteiger partial charge in [-0.3, -0.25) is 4.79 Å². The molecule has 0 saturated carbocycles. The summed E-state index contributed by atoms with van der Waals surface area (Å²) < 4.78 is 33.5. The van der Waals surface area contributed by atoms with E-state index in [1.165, 1.54) is 12.1 Å². The smallest absolute Gasteiger partial charge is 0.314 e. The van der Waals surface area contributed by atoms with Gasteiger partial charge >= 0.3 is 5.97 Å². The van der Waals surface area contributed by atoms with Gasteiger partial charge in [0.25, 0.3) is 0 Å². The van der Waals surface area contributed by atoms with Crippen molar-refractivity contribution in [1.82, 2.24) is 0 Å². The molecule has 0 amide bonds. The van der Waals surface area contributed by atoms with Crippen molar-refractivity contribution in [3.05, 3.63) is 95.6 Å². The quantitative estimate of drug-likeness (QED) is 0.584. The molecular weight excluding hydrogens is 384 g/mol. The van der Waals surface area contributed by atoms with Gasteiger partial charge in [-0.25, -0.2) is 8.78 Å². The number of carbonyl (C=O) groups is 1. The highest BCUT2D eigenvalue weighted by molar-refractivity contribution is 5.80. The van der Waals surface area contributed by atoms with Gasteiger partial charge in [0.05, 0.1) is 5.92 Å². The lowest BCUT2D eigenvalue weighted by Gasteiger charge is -2.40. The molecule has 0 spiro atoms. The number of hydrogen-bond donors (Lipinski definition) is 1. The number of carbonyl (C=O) groups excluding carboxylic acids is 1. The second-order valence-corrected chi connectivity index (χ2v) is 7.66. The molecule has 1 aliphatic rings. The predicted octanol–water partition coefficient (Wildman–Crippen LogP) is 5.30. The van der Waals surface area contributed by atoms with Crippen LogP contribution in [-0.4, -0.2) is 12.5 Å². The van der Waals surface area contributed by atoms with Gasteiger partial charge in [0.2, 0.25) is 0 Å². The number of ether oxygens (including phenoxy) is 1. The van der Waals surface area contributed by atoms with Gasteiger partial charge in [0, 0.05) is 18.1 Å². The van der Waals surface area contributed by atoms with Crippen LogP contribution < -0.4 is 5.73 Å². The summed E-state index contributed by atoms with van der Waals surface area (Å²) in [4.78, 5) is 13.0. The molecule has 154 valence electrons. The standard InChI is InChI=1S/C25H23F2NO2/c26-20-9-10-21(23(27)16-20)17-5-4-6-18(15-17)22-11-12-25(13-14-28,30-24(22)29)19-7-2-1-3-8-19/h1-10,15-16,22H,11-14,28H2. The average molecular weight is 407 g/mol. The van der Waals surface area contributed by atoms with Crippen molar-refractivity contribution in [2.24, 2.45) is 5.73 Å². The number of rotatable bonds is 5. The SMILES string of the molecule is NCCC1(c2ccccc2)CCC(c2cccc(-c3ccc(F)cc3F)c2)C(=O)O1. The summed E-state index contributed by atoms with van der Waals surface area (Å²) in [5, 5.41) is 0. The summed E-state index contributed by atoms with van der Waals surface area (Å²) in [5.41, 5.74) is 7.71. The highest BCUT2D eigenvalue weighted by atomic mass is 19.1. The van der Waals surface area contributed by atoms with Crippen LogP contribution >= 0.6 is 0 Å². The van der Waals surface area contributed by atoms with E-state index in [0.29, 0.717) is 36.9 Å². The molecule has 0 radical (unpaired) electrons.